The van der Waals surface area contributed by atoms with Gasteiger partial charge in [-0.25, -0.2) is 0 Å². The molecule has 0 aromatic heterocycles. The lowest BCUT2D eigenvalue weighted by molar-refractivity contribution is 0.824. The van der Waals surface area contributed by atoms with Crippen LogP contribution in [0, 0.1) is 0 Å². The van der Waals surface area contributed by atoms with Gasteiger partial charge in [0, 0.05) is 0 Å². The highest BCUT2D eigenvalue weighted by Crippen LogP contribution is 1.97. The standard InChI is InChI=1S/2C3H7.2ClH.2Mg.H2O/c2*1-3-2;;;;;/h2*3H,1-2H3;2*1H;;;1H2/q;;;;2*+1;/p-2. The van der Waals surface area contributed by atoms with Crippen LogP contribution in [0.25, 0.3) is 0 Å². The van der Waals surface area contributed by atoms with Crippen LogP contribution in [0.3, 0.4) is 0 Å². The first-order chi connectivity index (χ1) is 4.54. The van der Waals surface area contributed by atoms with Crippen molar-refractivity contribution in [2.45, 2.75) is 35.8 Å². The first-order valence-electron chi connectivity index (χ1n) is 3.66. The van der Waals surface area contributed by atoms with E-state index in [4.69, 9.17) is 18.1 Å². The lowest BCUT2D eigenvalue weighted by Gasteiger charge is -1.85. The quantitative estimate of drug-likeness (QED) is 0.645. The van der Waals surface area contributed by atoms with Crippen LogP contribution in [0.4, 0.5) is 0 Å². The van der Waals surface area contributed by atoms with Gasteiger partial charge in [0.25, 0.3) is 0 Å². The Labute approximate surface area is 96.9 Å². The second kappa shape index (κ2) is 14.6. The fraction of sp³-hybridized carbons (Fsp3) is 1.00. The van der Waals surface area contributed by atoms with E-state index in [1.807, 2.05) is 0 Å². The number of rotatable bonds is 2. The molecule has 0 aliphatic heterocycles. The topological polar surface area (TPSA) is 31.5 Å². The summed E-state index contributed by atoms with van der Waals surface area (Å²) in [7, 11) is 11.0. The van der Waals surface area contributed by atoms with Crippen LogP contribution in [-0.2, 0) is 0 Å². The molecule has 0 aliphatic rings. The van der Waals surface area contributed by atoms with Gasteiger partial charge in [-0.05, 0) is 0 Å². The third-order valence-corrected chi connectivity index (χ3v) is 5.55. The fourth-order valence-electron chi connectivity index (χ4n) is 0. The largest absolute Gasteiger partial charge is 0.503 e. The second-order valence-electron chi connectivity index (χ2n) is 3.10. The predicted molar refractivity (Wildman–Crippen MR) is 57.0 cm³/mol. The van der Waals surface area contributed by atoms with Crippen molar-refractivity contribution in [1.82, 2.24) is 0 Å². The summed E-state index contributed by atoms with van der Waals surface area (Å²) in [6.07, 6.45) is 0. The molecule has 0 saturated carbocycles. The molecular formula is C6H16Cl2Mg2O. The highest BCUT2D eigenvalue weighted by molar-refractivity contribution is 6.94. The van der Waals surface area contributed by atoms with Crippen molar-refractivity contribution < 1.29 is 5.48 Å². The third kappa shape index (κ3) is 33.2. The van der Waals surface area contributed by atoms with Crippen molar-refractivity contribution in [3.8, 4) is 0 Å². The Balaban J connectivity index is -0.000000107. The minimum absolute atomic E-state index is 0. The Morgan fingerprint density at radius 2 is 0.909 bits per heavy atom. The van der Waals surface area contributed by atoms with Crippen molar-refractivity contribution in [1.29, 1.82) is 0 Å². The molecule has 0 spiro atoms. The van der Waals surface area contributed by atoms with E-state index in [1.54, 1.807) is 0 Å². The number of hydrogen-bond donors (Lipinski definition) is 0. The average Bonchev–Trinajstić information content (AvgIpc) is 1.89. The van der Waals surface area contributed by atoms with Crippen molar-refractivity contribution >= 4 is 56.7 Å². The summed E-state index contributed by atoms with van der Waals surface area (Å²) < 4.78 is 1.58. The molecule has 64 valence electrons. The van der Waals surface area contributed by atoms with Gasteiger partial charge in [-0.2, -0.15) is 0 Å². The Morgan fingerprint density at radius 1 is 0.818 bits per heavy atom. The van der Waals surface area contributed by atoms with Crippen molar-refractivity contribution in [3.05, 3.63) is 0 Å². The zero-order valence-electron chi connectivity index (χ0n) is 7.82. The molecule has 0 atom stereocenters. The van der Waals surface area contributed by atoms with Crippen molar-refractivity contribution in [2.24, 2.45) is 0 Å². The van der Waals surface area contributed by atoms with Gasteiger partial charge in [0.1, 0.15) is 0 Å². The average molecular weight is 224 g/mol. The molecule has 1 nitrogen and oxygen atoms in total. The molecule has 0 amide bonds. The molecule has 0 aliphatic carbocycles. The fourth-order valence-corrected chi connectivity index (χ4v) is 0. The van der Waals surface area contributed by atoms with E-state index < -0.39 is 0 Å². The van der Waals surface area contributed by atoms with Crippen LogP contribution in [0.2, 0.25) is 8.09 Å². The van der Waals surface area contributed by atoms with Crippen LogP contribution in [-0.4, -0.2) is 44.0 Å². The number of halogens is 2. The Hall–Kier alpha value is 2.07. The van der Waals surface area contributed by atoms with Gasteiger partial charge in [-0.15, -0.1) is 8.09 Å². The van der Waals surface area contributed by atoms with Crippen molar-refractivity contribution in [2.75, 3.05) is 0 Å². The maximum Gasteiger partial charge on any atom is 0.503 e. The highest BCUT2D eigenvalue weighted by atomic mass is 35.5. The lowest BCUT2D eigenvalue weighted by atomic mass is 10.6. The van der Waals surface area contributed by atoms with Crippen LogP contribution in [0.5, 0.6) is 0 Å². The van der Waals surface area contributed by atoms with Crippen LogP contribution >= 0.6 is 18.1 Å². The van der Waals surface area contributed by atoms with Gasteiger partial charge in [-0.3, -0.25) is 0 Å². The zero-order valence-corrected chi connectivity index (χ0v) is 12.2. The molecule has 11 heavy (non-hydrogen) atoms. The van der Waals surface area contributed by atoms with E-state index in [0.717, 1.165) is 8.09 Å². The van der Waals surface area contributed by atoms with Gasteiger partial charge in [0.2, 0.25) is 0 Å². The van der Waals surface area contributed by atoms with E-state index in [9.17, 15) is 0 Å². The summed E-state index contributed by atoms with van der Waals surface area (Å²) in [5.74, 6) is 0. The third-order valence-electron chi connectivity index (χ3n) is 0.617. The molecule has 0 fully saturated rings. The summed E-state index contributed by atoms with van der Waals surface area (Å²) in [5.41, 5.74) is 0. The summed E-state index contributed by atoms with van der Waals surface area (Å²) in [4.78, 5) is 0. The minimum atomic E-state index is -0.179. The Morgan fingerprint density at radius 3 is 0.909 bits per heavy atom. The maximum atomic E-state index is 5.48. The van der Waals surface area contributed by atoms with E-state index in [-0.39, 0.29) is 44.0 Å². The van der Waals surface area contributed by atoms with Crippen LogP contribution in [0.1, 0.15) is 27.7 Å². The summed E-state index contributed by atoms with van der Waals surface area (Å²) >= 11 is -0.358. The summed E-state index contributed by atoms with van der Waals surface area (Å²) in [5, 5.41) is 0. The molecule has 0 saturated heterocycles. The van der Waals surface area contributed by atoms with Crippen LogP contribution in [0.15, 0.2) is 0 Å². The molecule has 0 unspecified atom stereocenters. The van der Waals surface area contributed by atoms with E-state index in [0.29, 0.717) is 0 Å². The molecule has 0 radical (unpaired) electrons. The SMILES string of the molecule is C[CH](C)[Mg][Cl].C[CH](C)[Mg][Cl].O. The second-order valence-corrected chi connectivity index (χ2v) is 8.83. The monoisotopic (exact) mass is 222 g/mol. The minimum Gasteiger partial charge on any atom is -0.412 e. The summed E-state index contributed by atoms with van der Waals surface area (Å²) in [6, 6.07) is 0. The van der Waals surface area contributed by atoms with E-state index >= 15 is 0 Å². The smallest absolute Gasteiger partial charge is 0.412 e. The van der Waals surface area contributed by atoms with Gasteiger partial charge in [0.05, 0.1) is 0 Å². The van der Waals surface area contributed by atoms with E-state index in [2.05, 4.69) is 27.7 Å². The first kappa shape index (κ1) is 18.8. The summed E-state index contributed by atoms with van der Waals surface area (Å²) in [6.45, 7) is 8.61. The van der Waals surface area contributed by atoms with Gasteiger partial charge in [-0.1, -0.05) is 27.7 Å². The normalized spacial score (nSPS) is 7.27. The molecule has 0 heterocycles. The molecule has 0 rings (SSSR count). The lowest BCUT2D eigenvalue weighted by Crippen LogP contribution is -1.80. The molecule has 2 N–H and O–H groups in total. The predicted octanol–water partition coefficient (Wildman–Crippen LogP) is 2.52. The molecular weight excluding hydrogens is 208 g/mol. The van der Waals surface area contributed by atoms with Crippen LogP contribution < -0.4 is 0 Å². The van der Waals surface area contributed by atoms with Gasteiger partial charge in [0.15, 0.2) is 0 Å². The van der Waals surface area contributed by atoms with E-state index in [1.165, 1.54) is 0 Å². The Kier molecular flexibility index (Phi) is 24.9. The van der Waals surface area contributed by atoms with Crippen molar-refractivity contribution in [3.63, 3.8) is 0 Å². The molecule has 0 aromatic carbocycles. The Bertz CT molecular complexity index is 54.5. The zero-order chi connectivity index (χ0) is 8.57. The number of hydrogen-bond acceptors (Lipinski definition) is 0. The molecule has 0 aromatic rings. The first-order valence-corrected chi connectivity index (χ1v) is 9.57. The maximum absolute atomic E-state index is 5.48. The van der Waals surface area contributed by atoms with Gasteiger partial charge < -0.3 is 23.6 Å². The highest BCUT2D eigenvalue weighted by Gasteiger charge is 1.92. The molecule has 5 heteroatoms. The molecule has 0 bridgehead atoms. The van der Waals surface area contributed by atoms with Gasteiger partial charge >= 0.3 is 38.5 Å².